The van der Waals surface area contributed by atoms with E-state index in [-0.39, 0.29) is 0 Å². The number of carbonyl (C=O) groups is 2. The maximum atomic E-state index is 14.4. The molecule has 72 heavy (non-hydrogen) atoms. The Labute approximate surface area is 428 Å². The van der Waals surface area contributed by atoms with Crippen LogP contribution in [0.2, 0.25) is 38.3 Å². The van der Waals surface area contributed by atoms with Crippen LogP contribution in [-0.4, -0.2) is 42.7 Å². The molecule has 8 aromatic carbocycles. The monoisotopic (exact) mass is 982 g/mol. The molecule has 0 N–H and O–H groups in total. The lowest BCUT2D eigenvalue weighted by Gasteiger charge is -2.22. The van der Waals surface area contributed by atoms with Gasteiger partial charge in [0.15, 0.2) is 0 Å². The number of hydrogen-bond donors (Lipinski definition) is 0. The van der Waals surface area contributed by atoms with Crippen molar-refractivity contribution in [2.75, 3.05) is 13.2 Å². The molecule has 0 fully saturated rings. The average Bonchev–Trinajstić information content (AvgIpc) is 3.39. The molecule has 0 aromatic heterocycles. The molecule has 0 aliphatic heterocycles. The zero-order chi connectivity index (χ0) is 49.8. The van der Waals surface area contributed by atoms with Gasteiger partial charge in [-0.05, 0) is 104 Å². The second kappa shape index (κ2) is 23.8. The van der Waals surface area contributed by atoms with Gasteiger partial charge in [0.05, 0.1) is 24.3 Å². The zero-order valence-electron chi connectivity index (χ0n) is 41.8. The van der Waals surface area contributed by atoms with Gasteiger partial charge >= 0.3 is 11.9 Å². The van der Waals surface area contributed by atoms with Gasteiger partial charge in [0, 0.05) is 43.3 Å². The fourth-order valence-electron chi connectivity index (χ4n) is 9.48. The summed E-state index contributed by atoms with van der Waals surface area (Å²) in [4.78, 5) is 28.7. The van der Waals surface area contributed by atoms with Crippen molar-refractivity contribution in [2.45, 2.75) is 76.8 Å². The minimum atomic E-state index is -0.447. The topological polar surface area (TPSA) is 71.1 Å². The van der Waals surface area contributed by atoms with Crippen LogP contribution in [0.3, 0.4) is 0 Å². The molecule has 0 heterocycles. The van der Waals surface area contributed by atoms with E-state index < -0.39 is 29.5 Å². The fourth-order valence-corrected chi connectivity index (χ4v) is 11.2. The molecular weight excluding hydrogens is 921 g/mol. The number of rotatable bonds is 16. The maximum Gasteiger partial charge on any atom is 0.343 e. The molecule has 0 atom stereocenters. The van der Waals surface area contributed by atoms with Crippen LogP contribution in [-0.2, 0) is 25.7 Å². The van der Waals surface area contributed by atoms with Gasteiger partial charge in [-0.2, -0.15) is 0 Å². The predicted octanol–water partition coefficient (Wildman–Crippen LogP) is 15.2. The van der Waals surface area contributed by atoms with Crippen molar-refractivity contribution in [3.05, 3.63) is 238 Å². The first-order valence-electron chi connectivity index (χ1n) is 25.2. The number of hydrogen-bond acceptors (Lipinski definition) is 6. The van der Waals surface area contributed by atoms with Gasteiger partial charge in [-0.15, -0.1) is 0 Å². The van der Waals surface area contributed by atoms with E-state index in [1.807, 2.05) is 84.9 Å². The lowest BCUT2D eigenvalue weighted by Crippen LogP contribution is -2.14. The van der Waals surface area contributed by atoms with E-state index in [0.29, 0.717) is 61.5 Å². The van der Waals surface area contributed by atoms with Gasteiger partial charge in [0.1, 0.15) is 23.0 Å². The third kappa shape index (κ3) is 12.4. The number of para-hydroxylation sites is 4. The highest BCUT2D eigenvalue weighted by Gasteiger charge is 2.24. The number of ether oxygens (including phenoxy) is 4. The molecule has 0 spiro atoms. The maximum absolute atomic E-state index is 14.4. The first-order chi connectivity index (χ1) is 35.2. The van der Waals surface area contributed by atoms with Crippen molar-refractivity contribution in [2.24, 2.45) is 0 Å². The van der Waals surface area contributed by atoms with Gasteiger partial charge < -0.3 is 18.9 Å². The molecule has 0 amide bonds. The molecule has 2 radical (unpaired) electrons. The quantitative estimate of drug-likeness (QED) is 0.0416. The third-order valence-corrected chi connectivity index (χ3v) is 15.9. The van der Waals surface area contributed by atoms with Crippen LogP contribution >= 0.6 is 0 Å². The molecule has 8 aromatic rings. The van der Waals surface area contributed by atoms with Crippen LogP contribution in [0.15, 0.2) is 182 Å². The minimum absolute atomic E-state index is 0.422. The molecular formula is C64H62O6Si2. The molecule has 0 saturated carbocycles. The number of esters is 2. The Kier molecular flexibility index (Phi) is 16.4. The molecule has 9 rings (SSSR count). The number of carbonyl (C=O) groups excluding carboxylic acids is 2. The summed E-state index contributed by atoms with van der Waals surface area (Å²) in [5, 5.41) is 0. The second-order valence-electron chi connectivity index (χ2n) is 19.3. The van der Waals surface area contributed by atoms with Crippen LogP contribution < -0.4 is 18.9 Å². The zero-order valence-corrected chi connectivity index (χ0v) is 43.8. The lowest BCUT2D eigenvalue weighted by molar-refractivity contribution is 0.0722. The van der Waals surface area contributed by atoms with E-state index in [2.05, 4.69) is 123 Å². The Hall–Kier alpha value is -7.27. The van der Waals surface area contributed by atoms with E-state index in [1.165, 1.54) is 0 Å². The van der Waals surface area contributed by atoms with Crippen LogP contribution in [0.25, 0.3) is 22.3 Å². The highest BCUT2D eigenvalue weighted by molar-refractivity contribution is 6.55. The van der Waals surface area contributed by atoms with Crippen LogP contribution in [0.4, 0.5) is 0 Å². The summed E-state index contributed by atoms with van der Waals surface area (Å²) in [6.45, 7) is 10.5. The van der Waals surface area contributed by atoms with E-state index in [9.17, 15) is 9.59 Å². The van der Waals surface area contributed by atoms with E-state index in [4.69, 9.17) is 18.9 Å². The van der Waals surface area contributed by atoms with Gasteiger partial charge in [-0.1, -0.05) is 196 Å². The minimum Gasteiger partial charge on any atom is -0.493 e. The molecule has 0 saturated heterocycles. The molecule has 6 nitrogen and oxygen atoms in total. The van der Waals surface area contributed by atoms with Crippen molar-refractivity contribution in [3.63, 3.8) is 0 Å². The summed E-state index contributed by atoms with van der Waals surface area (Å²) in [5.74, 6) is 1.84. The largest absolute Gasteiger partial charge is 0.493 e. The summed E-state index contributed by atoms with van der Waals surface area (Å²) in [6, 6.07) is 62.8. The van der Waals surface area contributed by atoms with Gasteiger partial charge in [0.25, 0.3) is 0 Å². The Morgan fingerprint density at radius 1 is 0.347 bits per heavy atom. The van der Waals surface area contributed by atoms with Gasteiger partial charge in [-0.3, -0.25) is 0 Å². The number of benzene rings is 8. The van der Waals surface area contributed by atoms with Crippen molar-refractivity contribution in [1.29, 1.82) is 0 Å². The number of fused-ring (bicyclic) bond motifs is 8. The normalized spacial score (nSPS) is 12.1. The molecule has 1 aliphatic rings. The highest BCUT2D eigenvalue weighted by atomic mass is 28.3. The molecule has 362 valence electrons. The smallest absolute Gasteiger partial charge is 0.343 e. The molecule has 0 unspecified atom stereocenters. The van der Waals surface area contributed by atoms with Gasteiger partial charge in [0.2, 0.25) is 0 Å². The lowest BCUT2D eigenvalue weighted by atomic mass is 9.91. The van der Waals surface area contributed by atoms with E-state index >= 15 is 0 Å². The summed E-state index contributed by atoms with van der Waals surface area (Å²) in [6.07, 6.45) is 3.69. The van der Waals surface area contributed by atoms with E-state index in [1.54, 1.807) is 0 Å². The standard InChI is InChI=1S/C64H62O6Si2/c1-71(2)39-15-37-67-59-51-21-11-22-52(59)42-56-26-14-28-58(62(56)70-64(66)50-35-31-48(32-36-50)46-19-9-6-10-20-46)44-54-24-12-23-53(60(54)68-38-16-40-72(3)4)43-57-27-13-25-55(41-51)61(57)69-63(65)49-33-29-47(30-34-49)45-17-7-5-8-18-45/h5-14,17-36H,15-16,37-44H2,1-4H3. The Bertz CT molecular complexity index is 2810. The fraction of sp³-hybridized carbons (Fsp3) is 0.219. The van der Waals surface area contributed by atoms with Crippen molar-refractivity contribution < 1.29 is 28.5 Å². The Balaban J connectivity index is 1.15. The summed E-state index contributed by atoms with van der Waals surface area (Å²) < 4.78 is 27.0. The first-order valence-corrected chi connectivity index (χ1v) is 30.6. The van der Waals surface area contributed by atoms with Crippen LogP contribution in [0.5, 0.6) is 23.0 Å². The molecule has 8 bridgehead atoms. The second-order valence-corrected chi connectivity index (χ2v) is 25.1. The summed E-state index contributed by atoms with van der Waals surface area (Å²) in [7, 11) is -0.895. The first kappa shape index (κ1) is 49.7. The van der Waals surface area contributed by atoms with Crippen LogP contribution in [0, 0.1) is 0 Å². The predicted molar refractivity (Wildman–Crippen MR) is 295 cm³/mol. The Morgan fingerprint density at radius 3 is 0.917 bits per heavy atom. The SMILES string of the molecule is C[Si](C)CCCOc1c2cccc1Cc1cccc(c1OC(=O)c1ccc(-c3ccccc3)cc1)Cc1cccc(c1OCCC[Si](C)C)Cc1cccc(c1OC(=O)c1ccc(-c3ccccc3)cc1)C2. The average molecular weight is 983 g/mol. The van der Waals surface area contributed by atoms with Crippen molar-refractivity contribution in [3.8, 4) is 45.3 Å². The van der Waals surface area contributed by atoms with Crippen LogP contribution in [0.1, 0.15) is 78.1 Å². The molecule has 1 aliphatic carbocycles. The van der Waals surface area contributed by atoms with Gasteiger partial charge in [-0.25, -0.2) is 9.59 Å². The summed E-state index contributed by atoms with van der Waals surface area (Å²) >= 11 is 0. The highest BCUT2D eigenvalue weighted by Crippen LogP contribution is 2.40. The molecule has 8 heteroatoms. The van der Waals surface area contributed by atoms with Crippen molar-refractivity contribution >= 4 is 29.5 Å². The third-order valence-electron chi connectivity index (χ3n) is 13.2. The summed E-state index contributed by atoms with van der Waals surface area (Å²) in [5.41, 5.74) is 12.6. The van der Waals surface area contributed by atoms with E-state index in [0.717, 1.165) is 103 Å². The Morgan fingerprint density at radius 2 is 0.625 bits per heavy atom. The van der Waals surface area contributed by atoms with Crippen molar-refractivity contribution in [1.82, 2.24) is 0 Å².